The van der Waals surface area contributed by atoms with Gasteiger partial charge in [0.15, 0.2) is 0 Å². The lowest BCUT2D eigenvalue weighted by molar-refractivity contribution is 1.12. The van der Waals surface area contributed by atoms with Crippen LogP contribution in [0.15, 0.2) is 42.6 Å². The molecule has 0 aliphatic carbocycles. The average Bonchev–Trinajstić information content (AvgIpc) is 2.46. The van der Waals surface area contributed by atoms with Crippen molar-refractivity contribution in [3.8, 4) is 0 Å². The van der Waals surface area contributed by atoms with Gasteiger partial charge in [-0.25, -0.2) is 0 Å². The van der Waals surface area contributed by atoms with Crippen molar-refractivity contribution in [1.29, 1.82) is 0 Å². The molecule has 98 valence electrons. The summed E-state index contributed by atoms with van der Waals surface area (Å²) in [5, 5.41) is 0. The van der Waals surface area contributed by atoms with Gasteiger partial charge in [0, 0.05) is 12.7 Å². The Bertz CT molecular complexity index is 561. The molecule has 0 atom stereocenters. The van der Waals surface area contributed by atoms with Gasteiger partial charge in [0.25, 0.3) is 0 Å². The SMILES string of the molecule is CCc1ccc(N(C)c2ccc(C(N)=S)nc2)cc1. The second kappa shape index (κ2) is 5.80. The van der Waals surface area contributed by atoms with E-state index in [1.165, 1.54) is 5.56 Å². The summed E-state index contributed by atoms with van der Waals surface area (Å²) in [6, 6.07) is 12.3. The van der Waals surface area contributed by atoms with Gasteiger partial charge < -0.3 is 10.6 Å². The maximum absolute atomic E-state index is 5.54. The highest BCUT2D eigenvalue weighted by atomic mass is 32.1. The summed E-state index contributed by atoms with van der Waals surface area (Å²) in [6.07, 6.45) is 2.83. The van der Waals surface area contributed by atoms with Crippen LogP contribution in [0.3, 0.4) is 0 Å². The minimum Gasteiger partial charge on any atom is -0.388 e. The minimum absolute atomic E-state index is 0.321. The average molecular weight is 271 g/mol. The summed E-state index contributed by atoms with van der Waals surface area (Å²) < 4.78 is 0. The number of thiocarbonyl (C=S) groups is 1. The van der Waals surface area contributed by atoms with Crippen LogP contribution in [0, 0.1) is 0 Å². The Hall–Kier alpha value is -1.94. The Morgan fingerprint density at radius 3 is 2.26 bits per heavy atom. The quantitative estimate of drug-likeness (QED) is 0.868. The highest BCUT2D eigenvalue weighted by Gasteiger charge is 2.05. The van der Waals surface area contributed by atoms with Gasteiger partial charge in [0.1, 0.15) is 4.99 Å². The smallest absolute Gasteiger partial charge is 0.122 e. The first kappa shape index (κ1) is 13.5. The van der Waals surface area contributed by atoms with Crippen LogP contribution in [-0.4, -0.2) is 17.0 Å². The Morgan fingerprint density at radius 2 is 1.79 bits per heavy atom. The normalized spacial score (nSPS) is 10.2. The highest BCUT2D eigenvalue weighted by Crippen LogP contribution is 2.23. The van der Waals surface area contributed by atoms with Gasteiger partial charge in [0.05, 0.1) is 17.6 Å². The molecule has 1 aromatic heterocycles. The van der Waals surface area contributed by atoms with Crippen LogP contribution >= 0.6 is 12.2 Å². The fourth-order valence-corrected chi connectivity index (χ4v) is 1.96. The van der Waals surface area contributed by atoms with Gasteiger partial charge in [-0.15, -0.1) is 0 Å². The fraction of sp³-hybridized carbons (Fsp3) is 0.200. The molecule has 2 aromatic rings. The van der Waals surface area contributed by atoms with Crippen molar-refractivity contribution in [3.63, 3.8) is 0 Å². The molecule has 1 heterocycles. The topological polar surface area (TPSA) is 42.1 Å². The van der Waals surface area contributed by atoms with Crippen LogP contribution in [0.5, 0.6) is 0 Å². The maximum atomic E-state index is 5.54. The number of rotatable bonds is 4. The number of nitrogens with two attached hydrogens (primary N) is 1. The number of anilines is 2. The van der Waals surface area contributed by atoms with Crippen LogP contribution in [0.25, 0.3) is 0 Å². The Morgan fingerprint density at radius 1 is 1.16 bits per heavy atom. The zero-order chi connectivity index (χ0) is 13.8. The predicted molar refractivity (Wildman–Crippen MR) is 84.0 cm³/mol. The number of benzene rings is 1. The predicted octanol–water partition coefficient (Wildman–Crippen LogP) is 3.05. The molecule has 2 rings (SSSR count). The van der Waals surface area contributed by atoms with E-state index in [0.29, 0.717) is 10.7 Å². The lowest BCUT2D eigenvalue weighted by Crippen LogP contribution is -2.13. The summed E-state index contributed by atoms with van der Waals surface area (Å²) in [4.78, 5) is 6.65. The second-order valence-electron chi connectivity index (χ2n) is 4.34. The molecule has 0 saturated heterocycles. The molecule has 4 heteroatoms. The maximum Gasteiger partial charge on any atom is 0.122 e. The molecule has 1 aromatic carbocycles. The van der Waals surface area contributed by atoms with Crippen LogP contribution in [0.1, 0.15) is 18.2 Å². The summed E-state index contributed by atoms with van der Waals surface area (Å²) >= 11 is 4.89. The van der Waals surface area contributed by atoms with E-state index in [0.717, 1.165) is 17.8 Å². The molecule has 0 saturated carbocycles. The van der Waals surface area contributed by atoms with Crippen molar-refractivity contribution >= 4 is 28.6 Å². The summed E-state index contributed by atoms with van der Waals surface area (Å²) in [5.41, 5.74) is 9.65. The molecule has 0 unspecified atom stereocenters. The van der Waals surface area contributed by atoms with Gasteiger partial charge in [-0.1, -0.05) is 31.3 Å². The monoisotopic (exact) mass is 271 g/mol. The number of pyridine rings is 1. The van der Waals surface area contributed by atoms with Crippen LogP contribution in [0.4, 0.5) is 11.4 Å². The van der Waals surface area contributed by atoms with Gasteiger partial charge in [-0.05, 0) is 36.2 Å². The zero-order valence-electron chi connectivity index (χ0n) is 11.1. The molecule has 0 spiro atoms. The highest BCUT2D eigenvalue weighted by molar-refractivity contribution is 7.80. The number of nitrogens with zero attached hydrogens (tertiary/aromatic N) is 2. The van der Waals surface area contributed by atoms with Crippen molar-refractivity contribution in [2.75, 3.05) is 11.9 Å². The minimum atomic E-state index is 0.321. The van der Waals surface area contributed by atoms with Gasteiger partial charge in [0.2, 0.25) is 0 Å². The van der Waals surface area contributed by atoms with Crippen molar-refractivity contribution in [3.05, 3.63) is 53.9 Å². The standard InChI is InChI=1S/C15H17N3S/c1-3-11-4-6-12(7-5-11)18(2)13-8-9-14(15(16)19)17-10-13/h4-10H,3H2,1-2H3,(H2,16,19). The van der Waals surface area contributed by atoms with E-state index >= 15 is 0 Å². The lowest BCUT2D eigenvalue weighted by atomic mass is 10.1. The van der Waals surface area contributed by atoms with Crippen LogP contribution in [0.2, 0.25) is 0 Å². The first-order valence-corrected chi connectivity index (χ1v) is 6.61. The van der Waals surface area contributed by atoms with E-state index in [1.54, 1.807) is 6.20 Å². The molecule has 19 heavy (non-hydrogen) atoms. The molecule has 0 radical (unpaired) electrons. The first-order chi connectivity index (χ1) is 9.11. The Kier molecular flexibility index (Phi) is 4.12. The van der Waals surface area contributed by atoms with E-state index in [-0.39, 0.29) is 0 Å². The van der Waals surface area contributed by atoms with Crippen LogP contribution in [-0.2, 0) is 6.42 Å². The summed E-state index contributed by atoms with van der Waals surface area (Å²) in [7, 11) is 2.01. The third kappa shape index (κ3) is 3.09. The van der Waals surface area contributed by atoms with Crippen molar-refractivity contribution < 1.29 is 0 Å². The number of aryl methyl sites for hydroxylation is 1. The molecule has 0 aliphatic heterocycles. The molecular formula is C15H17N3S. The molecule has 0 aliphatic rings. The molecule has 0 amide bonds. The third-order valence-electron chi connectivity index (χ3n) is 3.12. The zero-order valence-corrected chi connectivity index (χ0v) is 11.9. The van der Waals surface area contributed by atoms with E-state index in [9.17, 15) is 0 Å². The summed E-state index contributed by atoms with van der Waals surface area (Å²) in [6.45, 7) is 2.15. The van der Waals surface area contributed by atoms with E-state index in [4.69, 9.17) is 18.0 Å². The molecule has 0 fully saturated rings. The summed E-state index contributed by atoms with van der Waals surface area (Å²) in [5.74, 6) is 0. The third-order valence-corrected chi connectivity index (χ3v) is 3.33. The van der Waals surface area contributed by atoms with E-state index in [1.807, 2.05) is 19.2 Å². The fourth-order valence-electron chi connectivity index (χ4n) is 1.83. The Labute approximate surface area is 119 Å². The van der Waals surface area contributed by atoms with E-state index < -0.39 is 0 Å². The number of aromatic nitrogens is 1. The van der Waals surface area contributed by atoms with Gasteiger partial charge >= 0.3 is 0 Å². The molecular weight excluding hydrogens is 254 g/mol. The number of hydrogen-bond donors (Lipinski definition) is 1. The largest absolute Gasteiger partial charge is 0.388 e. The molecule has 3 nitrogen and oxygen atoms in total. The van der Waals surface area contributed by atoms with Crippen LogP contribution < -0.4 is 10.6 Å². The van der Waals surface area contributed by atoms with E-state index in [2.05, 4.69) is 41.1 Å². The second-order valence-corrected chi connectivity index (χ2v) is 4.78. The van der Waals surface area contributed by atoms with Crippen molar-refractivity contribution in [1.82, 2.24) is 4.98 Å². The number of hydrogen-bond acceptors (Lipinski definition) is 3. The molecule has 0 bridgehead atoms. The van der Waals surface area contributed by atoms with Crippen molar-refractivity contribution in [2.45, 2.75) is 13.3 Å². The Balaban J connectivity index is 2.22. The van der Waals surface area contributed by atoms with Gasteiger partial charge in [-0.3, -0.25) is 4.98 Å². The first-order valence-electron chi connectivity index (χ1n) is 6.20. The van der Waals surface area contributed by atoms with Gasteiger partial charge in [-0.2, -0.15) is 0 Å². The van der Waals surface area contributed by atoms with Crippen molar-refractivity contribution in [2.24, 2.45) is 5.73 Å². The lowest BCUT2D eigenvalue weighted by Gasteiger charge is -2.19. The molecule has 2 N–H and O–H groups in total.